The van der Waals surface area contributed by atoms with Crippen molar-refractivity contribution in [3.63, 3.8) is 0 Å². The number of aliphatic imine (C=N–C) groups is 2. The summed E-state index contributed by atoms with van der Waals surface area (Å²) in [6.45, 7) is 4.51. The van der Waals surface area contributed by atoms with Crippen LogP contribution in [0, 0.1) is 11.8 Å². The van der Waals surface area contributed by atoms with Crippen LogP contribution in [0.5, 0.6) is 5.75 Å². The summed E-state index contributed by atoms with van der Waals surface area (Å²) in [4.78, 5) is 10.9. The number of nitrogens with zero attached hydrogens (tertiary/aromatic N) is 3. The number of benzene rings is 4. The number of para-hydroxylation sites is 2. The van der Waals surface area contributed by atoms with Crippen molar-refractivity contribution in [1.29, 1.82) is 0 Å². The van der Waals surface area contributed by atoms with Crippen molar-refractivity contribution in [2.45, 2.75) is 44.2 Å². The van der Waals surface area contributed by atoms with Gasteiger partial charge in [0, 0.05) is 33.2 Å². The molecule has 6 nitrogen and oxygen atoms in total. The van der Waals surface area contributed by atoms with E-state index in [4.69, 9.17) is 19.5 Å². The van der Waals surface area contributed by atoms with Gasteiger partial charge in [-0.3, -0.25) is 4.57 Å². The molecule has 6 unspecified atom stereocenters. The van der Waals surface area contributed by atoms with Crippen LogP contribution in [-0.2, 0) is 4.74 Å². The molecule has 1 fully saturated rings. The number of hydrogen-bond acceptors (Lipinski definition) is 5. The fourth-order valence-corrected chi connectivity index (χ4v) is 9.34. The molecule has 258 valence electrons. The first-order valence-corrected chi connectivity index (χ1v) is 18.7. The van der Waals surface area contributed by atoms with E-state index >= 15 is 0 Å². The second-order valence-electron chi connectivity index (χ2n) is 15.0. The average molecular weight is 691 g/mol. The van der Waals surface area contributed by atoms with E-state index in [9.17, 15) is 0 Å². The van der Waals surface area contributed by atoms with E-state index in [2.05, 4.69) is 163 Å². The van der Waals surface area contributed by atoms with E-state index in [1.807, 2.05) is 6.07 Å². The lowest BCUT2D eigenvalue weighted by Gasteiger charge is -2.28. The van der Waals surface area contributed by atoms with Crippen LogP contribution in [0.25, 0.3) is 27.6 Å². The number of rotatable bonds is 3. The topological polar surface area (TPSA) is 60.1 Å². The highest BCUT2D eigenvalue weighted by molar-refractivity contribution is 6.13. The zero-order valence-corrected chi connectivity index (χ0v) is 29.6. The zero-order valence-electron chi connectivity index (χ0n) is 29.6. The minimum atomic E-state index is -0.477. The molecular weight excluding hydrogens is 653 g/mol. The molecule has 0 bridgehead atoms. The monoisotopic (exact) mass is 690 g/mol. The molecule has 0 saturated carbocycles. The second-order valence-corrected chi connectivity index (χ2v) is 15.0. The van der Waals surface area contributed by atoms with Crippen LogP contribution in [0.2, 0.25) is 0 Å². The van der Waals surface area contributed by atoms with Crippen LogP contribution >= 0.6 is 0 Å². The van der Waals surface area contributed by atoms with Crippen LogP contribution in [0.4, 0.5) is 0 Å². The molecule has 1 aromatic heterocycles. The molecule has 4 heterocycles. The molecule has 53 heavy (non-hydrogen) atoms. The van der Waals surface area contributed by atoms with Crippen molar-refractivity contribution in [3.8, 4) is 5.75 Å². The summed E-state index contributed by atoms with van der Waals surface area (Å²) in [7, 11) is 0. The molecule has 0 spiro atoms. The van der Waals surface area contributed by atoms with Gasteiger partial charge in [0.05, 0.1) is 16.5 Å². The number of amidine groups is 1. The molecule has 6 aliphatic rings. The Morgan fingerprint density at radius 3 is 2.42 bits per heavy atom. The van der Waals surface area contributed by atoms with Crippen molar-refractivity contribution >= 4 is 39.4 Å². The summed E-state index contributed by atoms with van der Waals surface area (Å²) < 4.78 is 16.3. The smallest absolute Gasteiger partial charge is 0.211 e. The summed E-state index contributed by atoms with van der Waals surface area (Å²) in [6.07, 6.45) is 13.4. The molecule has 1 N–H and O–H groups in total. The van der Waals surface area contributed by atoms with Crippen LogP contribution < -0.4 is 20.6 Å². The van der Waals surface area contributed by atoms with Gasteiger partial charge in [-0.25, -0.2) is 9.98 Å². The third-order valence-corrected chi connectivity index (χ3v) is 11.8. The van der Waals surface area contributed by atoms with Crippen molar-refractivity contribution in [2.24, 2.45) is 21.8 Å². The minimum Gasteiger partial charge on any atom is -0.482 e. The van der Waals surface area contributed by atoms with Crippen molar-refractivity contribution in [2.75, 3.05) is 0 Å². The molecule has 0 radical (unpaired) electrons. The largest absolute Gasteiger partial charge is 0.482 e. The SMILES string of the molecule is CC1CC=C(C2N=C(c3ccccc3)NC(n3c4c(c5ccccc53)=C3C(OC5(C)C=CC=CC35)C3Oc5ccccc5C=43)=N2)C=C1c1ccccc1. The van der Waals surface area contributed by atoms with Gasteiger partial charge < -0.3 is 14.8 Å². The Bertz CT molecular complexity index is 2680. The van der Waals surface area contributed by atoms with Gasteiger partial charge in [0.15, 0.2) is 12.3 Å². The van der Waals surface area contributed by atoms with E-state index < -0.39 is 11.8 Å². The zero-order chi connectivity index (χ0) is 35.3. The maximum atomic E-state index is 7.08. The van der Waals surface area contributed by atoms with Crippen molar-refractivity contribution < 1.29 is 9.47 Å². The van der Waals surface area contributed by atoms with E-state index in [1.54, 1.807) is 0 Å². The molecular formula is C47H38N4O2. The van der Waals surface area contributed by atoms with Crippen molar-refractivity contribution in [3.05, 3.63) is 178 Å². The van der Waals surface area contributed by atoms with Crippen LogP contribution in [0.1, 0.15) is 37.0 Å². The van der Waals surface area contributed by atoms with Gasteiger partial charge in [-0.15, -0.1) is 0 Å². The van der Waals surface area contributed by atoms with E-state index in [0.29, 0.717) is 5.92 Å². The maximum Gasteiger partial charge on any atom is 0.211 e. The Balaban J connectivity index is 1.20. The predicted octanol–water partition coefficient (Wildman–Crippen LogP) is 7.30. The second kappa shape index (κ2) is 11.5. The van der Waals surface area contributed by atoms with Crippen LogP contribution in [0.15, 0.2) is 161 Å². The van der Waals surface area contributed by atoms with E-state index in [-0.39, 0.29) is 18.1 Å². The first-order chi connectivity index (χ1) is 26.1. The number of nitrogens with one attached hydrogen (secondary N) is 1. The highest BCUT2D eigenvalue weighted by Crippen LogP contribution is 2.51. The standard InChI is InChI=1S/C47H38N4O2/c1-28-24-25-31(27-34(28)29-15-5-3-6-16-29)45-48-44(30-17-7-4-8-18-30)49-46(50-45)51-36-22-11-9-19-32(36)38-40-35-21-13-14-26-47(35,2)53-43(40)42-39(41(38)51)33-20-10-12-23-37(33)52-42/h3-23,25-28,35,42-43,45H,24H2,1-2H3,(H,48,49,50). The molecule has 11 rings (SSSR count). The number of ether oxygens (including phenoxy) is 2. The maximum absolute atomic E-state index is 7.08. The third kappa shape index (κ3) is 4.55. The molecule has 0 amide bonds. The molecule has 4 aromatic carbocycles. The molecule has 3 aliphatic carbocycles. The highest BCUT2D eigenvalue weighted by atomic mass is 16.6. The first-order valence-electron chi connectivity index (χ1n) is 18.7. The molecule has 6 atom stereocenters. The number of aromatic nitrogens is 1. The highest BCUT2D eigenvalue weighted by Gasteiger charge is 2.55. The van der Waals surface area contributed by atoms with Gasteiger partial charge in [-0.2, -0.15) is 0 Å². The Morgan fingerprint density at radius 1 is 0.811 bits per heavy atom. The normalized spacial score (nSPS) is 27.7. The Hall–Kier alpha value is -5.98. The fraction of sp³-hybridized carbons (Fsp3) is 0.191. The quantitative estimate of drug-likeness (QED) is 0.216. The van der Waals surface area contributed by atoms with Gasteiger partial charge in [-0.05, 0) is 53.7 Å². The molecule has 3 aliphatic heterocycles. The summed E-state index contributed by atoms with van der Waals surface area (Å²) in [5, 5.41) is 7.26. The van der Waals surface area contributed by atoms with Crippen LogP contribution in [-0.4, -0.2) is 40.3 Å². The lowest BCUT2D eigenvalue weighted by molar-refractivity contribution is -0.0302. The van der Waals surface area contributed by atoms with Crippen LogP contribution in [0.3, 0.4) is 0 Å². The van der Waals surface area contributed by atoms with Gasteiger partial charge in [0.25, 0.3) is 0 Å². The summed E-state index contributed by atoms with van der Waals surface area (Å²) in [5.41, 5.74) is 8.79. The molecule has 6 heteroatoms. The van der Waals surface area contributed by atoms with Crippen molar-refractivity contribution in [1.82, 2.24) is 9.88 Å². The Morgan fingerprint density at radius 2 is 1.57 bits per heavy atom. The summed E-state index contributed by atoms with van der Waals surface area (Å²) in [6, 6.07) is 38.3. The summed E-state index contributed by atoms with van der Waals surface area (Å²) >= 11 is 0. The number of fused-ring (bicyclic) bond motifs is 10. The number of hydrogen-bond donors (Lipinski definition) is 1. The van der Waals surface area contributed by atoms with E-state index in [0.717, 1.165) is 57.1 Å². The minimum absolute atomic E-state index is 0.0655. The lowest BCUT2D eigenvalue weighted by Crippen LogP contribution is -2.51. The number of allylic oxidation sites excluding steroid dienone is 4. The molecule has 1 saturated heterocycles. The van der Waals surface area contributed by atoms with Gasteiger partial charge in [-0.1, -0.05) is 140 Å². The average Bonchev–Trinajstić information content (AvgIpc) is 3.86. The third-order valence-electron chi connectivity index (χ3n) is 11.8. The van der Waals surface area contributed by atoms with E-state index in [1.165, 1.54) is 27.3 Å². The lowest BCUT2D eigenvalue weighted by atomic mass is 9.77. The summed E-state index contributed by atoms with van der Waals surface area (Å²) in [5.74, 6) is 2.88. The van der Waals surface area contributed by atoms with Gasteiger partial charge in [0.1, 0.15) is 17.7 Å². The first kappa shape index (κ1) is 30.6. The fourth-order valence-electron chi connectivity index (χ4n) is 9.34. The predicted molar refractivity (Wildman–Crippen MR) is 212 cm³/mol. The Labute approximate surface area is 308 Å². The molecule has 5 aromatic rings. The Kier molecular flexibility index (Phi) is 6.65. The van der Waals surface area contributed by atoms with Gasteiger partial charge >= 0.3 is 0 Å². The van der Waals surface area contributed by atoms with Gasteiger partial charge in [0.2, 0.25) is 5.96 Å².